The van der Waals surface area contributed by atoms with Gasteiger partial charge in [0, 0.05) is 12.6 Å². The van der Waals surface area contributed by atoms with Crippen molar-refractivity contribution in [2.75, 3.05) is 12.8 Å². The van der Waals surface area contributed by atoms with Gasteiger partial charge in [-0.3, -0.25) is 4.79 Å². The third-order valence-electron chi connectivity index (χ3n) is 3.36. The van der Waals surface area contributed by atoms with Gasteiger partial charge in [-0.05, 0) is 29.8 Å². The Balaban J connectivity index is 1.67. The molecule has 0 saturated carbocycles. The van der Waals surface area contributed by atoms with Gasteiger partial charge in [0.1, 0.15) is 17.9 Å². The highest BCUT2D eigenvalue weighted by Crippen LogP contribution is 2.27. The second-order valence-corrected chi connectivity index (χ2v) is 6.11. The smallest absolute Gasteiger partial charge is 0.261 e. The maximum atomic E-state index is 12.3. The molecule has 7 heteroatoms. The number of nitrogen functional groups attached to an aromatic ring is 1. The van der Waals surface area contributed by atoms with E-state index in [1.165, 1.54) is 17.7 Å². The molecular formula is C17H16N4O2S. The first kappa shape index (κ1) is 15.9. The monoisotopic (exact) mass is 340 g/mol. The van der Waals surface area contributed by atoms with E-state index in [1.807, 2.05) is 30.3 Å². The number of nitrogens with zero attached hydrogens (tertiary/aromatic N) is 2. The third-order valence-corrected chi connectivity index (χ3v) is 4.46. The number of benzene rings is 1. The van der Waals surface area contributed by atoms with Gasteiger partial charge in [0.05, 0.1) is 22.6 Å². The van der Waals surface area contributed by atoms with Gasteiger partial charge < -0.3 is 15.8 Å². The first-order valence-corrected chi connectivity index (χ1v) is 8.06. The topological polar surface area (TPSA) is 90.1 Å². The van der Waals surface area contributed by atoms with Gasteiger partial charge >= 0.3 is 0 Å². The van der Waals surface area contributed by atoms with E-state index in [9.17, 15) is 4.79 Å². The lowest BCUT2D eigenvalue weighted by Gasteiger charge is -2.06. The molecule has 0 atom stereocenters. The number of thiophene rings is 1. The SMILES string of the molecule is COc1cccc(CNC(=O)c2ccc(-c3cc(N)ncn3)s2)c1. The van der Waals surface area contributed by atoms with E-state index in [-0.39, 0.29) is 5.91 Å². The second kappa shape index (κ2) is 7.10. The summed E-state index contributed by atoms with van der Waals surface area (Å²) in [7, 11) is 1.62. The lowest BCUT2D eigenvalue weighted by molar-refractivity contribution is 0.0955. The van der Waals surface area contributed by atoms with E-state index >= 15 is 0 Å². The number of rotatable bonds is 5. The van der Waals surface area contributed by atoms with Crippen molar-refractivity contribution in [1.29, 1.82) is 0 Å². The van der Waals surface area contributed by atoms with Gasteiger partial charge in [-0.25, -0.2) is 9.97 Å². The highest BCUT2D eigenvalue weighted by Gasteiger charge is 2.11. The lowest BCUT2D eigenvalue weighted by atomic mass is 10.2. The molecule has 1 aromatic carbocycles. The van der Waals surface area contributed by atoms with Gasteiger partial charge in [-0.2, -0.15) is 0 Å². The van der Waals surface area contributed by atoms with Crippen molar-refractivity contribution in [3.8, 4) is 16.3 Å². The van der Waals surface area contributed by atoms with E-state index in [4.69, 9.17) is 10.5 Å². The molecular weight excluding hydrogens is 324 g/mol. The zero-order valence-electron chi connectivity index (χ0n) is 13.0. The molecule has 24 heavy (non-hydrogen) atoms. The first-order chi connectivity index (χ1) is 11.7. The molecule has 0 spiro atoms. The molecule has 0 aliphatic rings. The van der Waals surface area contributed by atoms with Crippen LogP contribution in [0, 0.1) is 0 Å². The maximum absolute atomic E-state index is 12.3. The predicted octanol–water partition coefficient (Wildman–Crippen LogP) is 2.73. The van der Waals surface area contributed by atoms with Crippen LogP contribution in [0.25, 0.3) is 10.6 Å². The number of hydrogen-bond acceptors (Lipinski definition) is 6. The number of amides is 1. The lowest BCUT2D eigenvalue weighted by Crippen LogP contribution is -2.21. The van der Waals surface area contributed by atoms with Crippen LogP contribution in [0.1, 0.15) is 15.2 Å². The fourth-order valence-electron chi connectivity index (χ4n) is 2.16. The molecule has 2 heterocycles. The summed E-state index contributed by atoms with van der Waals surface area (Å²) in [5.41, 5.74) is 7.35. The van der Waals surface area contributed by atoms with Gasteiger partial charge in [0.2, 0.25) is 0 Å². The molecule has 0 saturated heterocycles. The molecule has 122 valence electrons. The molecule has 2 aromatic heterocycles. The van der Waals surface area contributed by atoms with Crippen molar-refractivity contribution in [3.63, 3.8) is 0 Å². The number of carbonyl (C=O) groups excluding carboxylic acids is 1. The Labute approximate surface area is 143 Å². The van der Waals surface area contributed by atoms with Crippen LogP contribution in [0.2, 0.25) is 0 Å². The molecule has 3 rings (SSSR count). The predicted molar refractivity (Wildman–Crippen MR) is 93.9 cm³/mol. The normalized spacial score (nSPS) is 10.4. The number of ether oxygens (including phenoxy) is 1. The Morgan fingerprint density at radius 3 is 2.92 bits per heavy atom. The van der Waals surface area contributed by atoms with Crippen LogP contribution in [-0.4, -0.2) is 23.0 Å². The molecule has 0 radical (unpaired) electrons. The third kappa shape index (κ3) is 3.69. The van der Waals surface area contributed by atoms with Gasteiger partial charge in [0.25, 0.3) is 5.91 Å². The van der Waals surface area contributed by atoms with Gasteiger partial charge in [-0.1, -0.05) is 12.1 Å². The molecule has 6 nitrogen and oxygen atoms in total. The van der Waals surface area contributed by atoms with Crippen molar-refractivity contribution >= 4 is 23.1 Å². The van der Waals surface area contributed by atoms with Crippen molar-refractivity contribution in [3.05, 3.63) is 59.2 Å². The van der Waals surface area contributed by atoms with E-state index < -0.39 is 0 Å². The summed E-state index contributed by atoms with van der Waals surface area (Å²) in [6.45, 7) is 0.434. The van der Waals surface area contributed by atoms with Crippen LogP contribution in [0.15, 0.2) is 48.8 Å². The minimum atomic E-state index is -0.129. The fraction of sp³-hybridized carbons (Fsp3) is 0.118. The Bertz CT molecular complexity index is 863. The fourth-order valence-corrected chi connectivity index (χ4v) is 3.05. The second-order valence-electron chi connectivity index (χ2n) is 5.03. The minimum Gasteiger partial charge on any atom is -0.497 e. The van der Waals surface area contributed by atoms with E-state index in [2.05, 4.69) is 15.3 Å². The Morgan fingerprint density at radius 2 is 2.12 bits per heavy atom. The average Bonchev–Trinajstić information content (AvgIpc) is 3.10. The summed E-state index contributed by atoms with van der Waals surface area (Å²) in [6, 6.07) is 12.9. The van der Waals surface area contributed by atoms with Gasteiger partial charge in [0.15, 0.2) is 0 Å². The van der Waals surface area contributed by atoms with E-state index in [0.29, 0.717) is 22.9 Å². The Kier molecular flexibility index (Phi) is 4.72. The summed E-state index contributed by atoms with van der Waals surface area (Å²) in [6.07, 6.45) is 1.41. The number of nitrogens with two attached hydrogens (primary N) is 1. The molecule has 3 aromatic rings. The number of carbonyl (C=O) groups is 1. The summed E-state index contributed by atoms with van der Waals surface area (Å²) in [5, 5.41) is 2.90. The molecule has 0 aliphatic carbocycles. The first-order valence-electron chi connectivity index (χ1n) is 7.24. The van der Waals surface area contributed by atoms with E-state index in [1.54, 1.807) is 19.2 Å². The largest absolute Gasteiger partial charge is 0.497 e. The van der Waals surface area contributed by atoms with Gasteiger partial charge in [-0.15, -0.1) is 11.3 Å². The molecule has 0 unspecified atom stereocenters. The average molecular weight is 340 g/mol. The zero-order chi connectivity index (χ0) is 16.9. The molecule has 0 bridgehead atoms. The Hall–Kier alpha value is -2.93. The number of methoxy groups -OCH3 is 1. The van der Waals surface area contributed by atoms with E-state index in [0.717, 1.165) is 16.2 Å². The summed E-state index contributed by atoms with van der Waals surface area (Å²) < 4.78 is 5.18. The van der Waals surface area contributed by atoms with Crippen molar-refractivity contribution in [1.82, 2.24) is 15.3 Å². The standard InChI is InChI=1S/C17H16N4O2S/c1-23-12-4-2-3-11(7-12)9-19-17(22)15-6-5-14(24-15)13-8-16(18)21-10-20-13/h2-8,10H,9H2,1H3,(H,19,22)(H2,18,20,21). The number of aromatic nitrogens is 2. The van der Waals surface area contributed by atoms with Crippen LogP contribution in [0.3, 0.4) is 0 Å². The molecule has 1 amide bonds. The zero-order valence-corrected chi connectivity index (χ0v) is 13.8. The quantitative estimate of drug-likeness (QED) is 0.745. The van der Waals surface area contributed by atoms with Crippen molar-refractivity contribution in [2.45, 2.75) is 6.54 Å². The highest BCUT2D eigenvalue weighted by atomic mass is 32.1. The van der Waals surface area contributed by atoms with Crippen LogP contribution in [0.5, 0.6) is 5.75 Å². The number of anilines is 1. The van der Waals surface area contributed by atoms with Crippen molar-refractivity contribution in [2.24, 2.45) is 0 Å². The van der Waals surface area contributed by atoms with Crippen molar-refractivity contribution < 1.29 is 9.53 Å². The number of hydrogen-bond donors (Lipinski definition) is 2. The highest BCUT2D eigenvalue weighted by molar-refractivity contribution is 7.17. The minimum absolute atomic E-state index is 0.129. The Morgan fingerprint density at radius 1 is 1.25 bits per heavy atom. The summed E-state index contributed by atoms with van der Waals surface area (Å²) in [4.78, 5) is 21.8. The van der Waals surface area contributed by atoms with Crippen LogP contribution >= 0.6 is 11.3 Å². The summed E-state index contributed by atoms with van der Waals surface area (Å²) in [5.74, 6) is 1.04. The molecule has 0 aliphatic heterocycles. The number of nitrogens with one attached hydrogen (secondary N) is 1. The van der Waals surface area contributed by atoms with Crippen LogP contribution < -0.4 is 15.8 Å². The van der Waals surface area contributed by atoms with Crippen LogP contribution in [-0.2, 0) is 6.54 Å². The molecule has 3 N–H and O–H groups in total. The summed E-state index contributed by atoms with van der Waals surface area (Å²) >= 11 is 1.36. The van der Waals surface area contributed by atoms with Crippen LogP contribution in [0.4, 0.5) is 5.82 Å². The maximum Gasteiger partial charge on any atom is 0.261 e. The molecule has 0 fully saturated rings.